The van der Waals surface area contributed by atoms with Crippen molar-refractivity contribution in [2.75, 3.05) is 33.9 Å². The van der Waals surface area contributed by atoms with E-state index in [1.165, 1.54) is 19.3 Å². The van der Waals surface area contributed by atoms with Crippen molar-refractivity contribution in [1.29, 1.82) is 0 Å². The molecule has 94 valence electrons. The Kier molecular flexibility index (Phi) is 3.88. The van der Waals surface area contributed by atoms with Gasteiger partial charge < -0.3 is 14.7 Å². The van der Waals surface area contributed by atoms with Crippen molar-refractivity contribution in [2.45, 2.75) is 38.1 Å². The molecule has 0 radical (unpaired) electrons. The third-order valence-corrected chi connectivity index (χ3v) is 4.56. The second-order valence-electron chi connectivity index (χ2n) is 5.73. The van der Waals surface area contributed by atoms with Crippen LogP contribution in [0.5, 0.6) is 0 Å². The van der Waals surface area contributed by atoms with Crippen LogP contribution in [0.15, 0.2) is 0 Å². The summed E-state index contributed by atoms with van der Waals surface area (Å²) in [7, 11) is 4.33. The maximum atomic E-state index is 9.73. The van der Waals surface area contributed by atoms with Crippen molar-refractivity contribution in [1.82, 2.24) is 4.90 Å². The van der Waals surface area contributed by atoms with Crippen LogP contribution in [0.1, 0.15) is 32.1 Å². The van der Waals surface area contributed by atoms with E-state index in [4.69, 9.17) is 4.74 Å². The van der Waals surface area contributed by atoms with Gasteiger partial charge in [-0.15, -0.1) is 0 Å². The van der Waals surface area contributed by atoms with Crippen LogP contribution in [0.4, 0.5) is 0 Å². The first kappa shape index (κ1) is 12.3. The van der Waals surface area contributed by atoms with Gasteiger partial charge in [-0.05, 0) is 45.7 Å². The topological polar surface area (TPSA) is 32.7 Å². The molecule has 0 bridgehead atoms. The summed E-state index contributed by atoms with van der Waals surface area (Å²) in [6.45, 7) is 2.15. The third kappa shape index (κ3) is 2.13. The van der Waals surface area contributed by atoms with Crippen LogP contribution in [-0.2, 0) is 4.74 Å². The number of aliphatic hydroxyl groups is 1. The Labute approximate surface area is 98.8 Å². The van der Waals surface area contributed by atoms with Gasteiger partial charge in [0.1, 0.15) is 0 Å². The predicted octanol–water partition coefficient (Wildman–Crippen LogP) is 1.51. The van der Waals surface area contributed by atoms with Crippen LogP contribution in [-0.4, -0.2) is 50.0 Å². The zero-order chi connectivity index (χ0) is 11.6. The Morgan fingerprint density at radius 1 is 1.31 bits per heavy atom. The minimum Gasteiger partial charge on any atom is -0.396 e. The van der Waals surface area contributed by atoms with Gasteiger partial charge in [-0.1, -0.05) is 6.42 Å². The summed E-state index contributed by atoms with van der Waals surface area (Å²) >= 11 is 0. The van der Waals surface area contributed by atoms with E-state index in [2.05, 4.69) is 19.0 Å². The quantitative estimate of drug-likeness (QED) is 0.790. The van der Waals surface area contributed by atoms with E-state index in [1.54, 1.807) is 0 Å². The molecule has 1 unspecified atom stereocenters. The summed E-state index contributed by atoms with van der Waals surface area (Å²) in [5.41, 5.74) is 0.186. The molecule has 1 atom stereocenters. The predicted molar refractivity (Wildman–Crippen MR) is 64.4 cm³/mol. The Morgan fingerprint density at radius 2 is 1.94 bits per heavy atom. The first-order chi connectivity index (χ1) is 7.69. The van der Waals surface area contributed by atoms with E-state index < -0.39 is 0 Å². The highest BCUT2D eigenvalue weighted by Gasteiger charge is 2.47. The number of rotatable bonds is 4. The molecule has 1 heterocycles. The second kappa shape index (κ2) is 5.03. The molecule has 1 aliphatic heterocycles. The molecule has 1 saturated carbocycles. The van der Waals surface area contributed by atoms with Crippen molar-refractivity contribution in [3.8, 4) is 0 Å². The van der Waals surface area contributed by atoms with Gasteiger partial charge in [0.05, 0.1) is 6.61 Å². The summed E-state index contributed by atoms with van der Waals surface area (Å²) in [6.07, 6.45) is 6.00. The van der Waals surface area contributed by atoms with Crippen LogP contribution < -0.4 is 0 Å². The molecule has 16 heavy (non-hydrogen) atoms. The van der Waals surface area contributed by atoms with Crippen molar-refractivity contribution in [3.63, 3.8) is 0 Å². The van der Waals surface area contributed by atoms with Gasteiger partial charge >= 0.3 is 0 Å². The summed E-state index contributed by atoms with van der Waals surface area (Å²) < 4.78 is 5.45. The molecule has 3 nitrogen and oxygen atoms in total. The lowest BCUT2D eigenvalue weighted by molar-refractivity contribution is -0.0752. The number of ether oxygens (including phenoxy) is 1. The minimum absolute atomic E-state index is 0.186. The molecule has 2 rings (SSSR count). The lowest BCUT2D eigenvalue weighted by atomic mass is 9.60. The van der Waals surface area contributed by atoms with E-state index >= 15 is 0 Å². The number of hydrogen-bond acceptors (Lipinski definition) is 3. The molecule has 0 aromatic carbocycles. The van der Waals surface area contributed by atoms with Crippen molar-refractivity contribution >= 4 is 0 Å². The highest BCUT2D eigenvalue weighted by Crippen LogP contribution is 2.48. The van der Waals surface area contributed by atoms with Gasteiger partial charge in [0, 0.05) is 24.7 Å². The number of hydrogen-bond donors (Lipinski definition) is 1. The van der Waals surface area contributed by atoms with E-state index in [-0.39, 0.29) is 5.41 Å². The van der Waals surface area contributed by atoms with E-state index in [1.807, 2.05) is 0 Å². The monoisotopic (exact) mass is 227 g/mol. The van der Waals surface area contributed by atoms with Gasteiger partial charge in [0.25, 0.3) is 0 Å². The molecule has 1 saturated heterocycles. The molecule has 0 aromatic heterocycles. The zero-order valence-electron chi connectivity index (χ0n) is 10.6. The molecule has 2 fully saturated rings. The van der Waals surface area contributed by atoms with Crippen molar-refractivity contribution in [3.05, 3.63) is 0 Å². The smallest absolute Gasteiger partial charge is 0.0502 e. The highest BCUT2D eigenvalue weighted by atomic mass is 16.5. The minimum atomic E-state index is 0.186. The molecule has 2 aliphatic rings. The van der Waals surface area contributed by atoms with Gasteiger partial charge in [-0.25, -0.2) is 0 Å². The number of aliphatic hydroxyl groups excluding tert-OH is 1. The molecule has 0 amide bonds. The fourth-order valence-electron chi connectivity index (χ4n) is 3.68. The zero-order valence-corrected chi connectivity index (χ0v) is 10.6. The summed E-state index contributed by atoms with van der Waals surface area (Å²) in [6, 6.07) is 0.537. The molecule has 1 N–H and O–H groups in total. The Balaban J connectivity index is 2.09. The summed E-state index contributed by atoms with van der Waals surface area (Å²) in [5.74, 6) is 0.705. The molecule has 0 spiro atoms. The summed E-state index contributed by atoms with van der Waals surface area (Å²) in [4.78, 5) is 2.34. The van der Waals surface area contributed by atoms with Crippen molar-refractivity contribution < 1.29 is 9.84 Å². The van der Waals surface area contributed by atoms with Gasteiger partial charge in [-0.2, -0.15) is 0 Å². The van der Waals surface area contributed by atoms with Crippen LogP contribution in [0, 0.1) is 11.3 Å². The van der Waals surface area contributed by atoms with Crippen LogP contribution in [0.3, 0.4) is 0 Å². The Hall–Kier alpha value is -0.120. The fraction of sp³-hybridized carbons (Fsp3) is 1.00. The molecule has 3 heteroatoms. The van der Waals surface area contributed by atoms with E-state index in [0.29, 0.717) is 18.6 Å². The van der Waals surface area contributed by atoms with E-state index in [0.717, 1.165) is 26.1 Å². The van der Waals surface area contributed by atoms with Crippen LogP contribution in [0.2, 0.25) is 0 Å². The Morgan fingerprint density at radius 3 is 2.31 bits per heavy atom. The first-order valence-electron chi connectivity index (χ1n) is 6.55. The molecule has 1 aliphatic carbocycles. The maximum absolute atomic E-state index is 9.73. The summed E-state index contributed by atoms with van der Waals surface area (Å²) in [5, 5.41) is 9.73. The number of nitrogens with zero attached hydrogens (tertiary/aromatic N) is 1. The lowest BCUT2D eigenvalue weighted by Crippen LogP contribution is -2.55. The normalized spacial score (nSPS) is 27.8. The lowest BCUT2D eigenvalue weighted by Gasteiger charge is -2.52. The average molecular weight is 227 g/mol. The SMILES string of the molecule is CN(C)C(C1CCOCC1)C1(CO)CCC1. The third-order valence-electron chi connectivity index (χ3n) is 4.56. The van der Waals surface area contributed by atoms with Gasteiger partial charge in [-0.3, -0.25) is 0 Å². The Bertz CT molecular complexity index is 214. The standard InChI is InChI=1S/C13H25NO2/c1-14(2)12(11-4-8-16-9-5-11)13(10-15)6-3-7-13/h11-12,15H,3-10H2,1-2H3. The van der Waals surface area contributed by atoms with E-state index in [9.17, 15) is 5.11 Å². The second-order valence-corrected chi connectivity index (χ2v) is 5.73. The van der Waals surface area contributed by atoms with Crippen molar-refractivity contribution in [2.24, 2.45) is 11.3 Å². The highest BCUT2D eigenvalue weighted by molar-refractivity contribution is 5.00. The van der Waals surface area contributed by atoms with Gasteiger partial charge in [0.15, 0.2) is 0 Å². The molecular weight excluding hydrogens is 202 g/mol. The maximum Gasteiger partial charge on any atom is 0.0502 e. The largest absolute Gasteiger partial charge is 0.396 e. The fourth-order valence-corrected chi connectivity index (χ4v) is 3.68. The molecule has 0 aromatic rings. The first-order valence-corrected chi connectivity index (χ1v) is 6.55. The van der Waals surface area contributed by atoms with Crippen LogP contribution in [0.25, 0.3) is 0 Å². The average Bonchev–Trinajstić information content (AvgIpc) is 2.24. The van der Waals surface area contributed by atoms with Gasteiger partial charge in [0.2, 0.25) is 0 Å². The van der Waals surface area contributed by atoms with Crippen LogP contribution >= 0.6 is 0 Å². The molecular formula is C13H25NO2.